The molecule has 0 aromatic heterocycles. The summed E-state index contributed by atoms with van der Waals surface area (Å²) in [4.78, 5) is -1.09. The molecule has 12 heteroatoms. The first-order valence-corrected chi connectivity index (χ1v) is 9.46. The summed E-state index contributed by atoms with van der Waals surface area (Å²) in [6.45, 7) is 0. The van der Waals surface area contributed by atoms with Gasteiger partial charge in [0.2, 0.25) is 0 Å². The van der Waals surface area contributed by atoms with E-state index in [2.05, 4.69) is 0 Å². The maximum atomic E-state index is 11.3. The number of benzene rings is 2. The largest absolute Gasteiger partial charge is 1.00 e. The summed E-state index contributed by atoms with van der Waals surface area (Å²) in [7, 11) is -9.60. The normalized spacial score (nSPS) is 13.8. The van der Waals surface area contributed by atoms with Crippen LogP contribution in [0.4, 0.5) is 0 Å². The second-order valence-corrected chi connectivity index (χ2v) is 7.73. The van der Waals surface area contributed by atoms with Crippen molar-refractivity contribution in [1.82, 2.24) is 0 Å². The van der Waals surface area contributed by atoms with Gasteiger partial charge in [0.15, 0.2) is 0 Å². The molecule has 8 nitrogen and oxygen atoms in total. The molecule has 0 aliphatic heterocycles. The Kier molecular flexibility index (Phi) is 10.2. The molecule has 4 N–H and O–H groups in total. The van der Waals surface area contributed by atoms with E-state index in [4.69, 9.17) is 11.5 Å². The van der Waals surface area contributed by atoms with Crippen LogP contribution in [0.2, 0.25) is 0 Å². The maximum Gasteiger partial charge on any atom is 1.00 e. The van der Waals surface area contributed by atoms with Crippen molar-refractivity contribution in [3.63, 3.8) is 0 Å². The van der Waals surface area contributed by atoms with Crippen molar-refractivity contribution in [2.45, 2.75) is 21.9 Å². The van der Waals surface area contributed by atoms with Crippen LogP contribution in [0, 0.1) is 0 Å². The molecule has 0 heterocycles. The summed E-state index contributed by atoms with van der Waals surface area (Å²) < 4.78 is 68.1. The van der Waals surface area contributed by atoms with Gasteiger partial charge in [-0.05, 0) is 23.3 Å². The van der Waals surface area contributed by atoms with Gasteiger partial charge in [-0.25, -0.2) is 16.8 Å². The van der Waals surface area contributed by atoms with Crippen LogP contribution in [-0.2, 0) is 20.2 Å². The van der Waals surface area contributed by atoms with E-state index < -0.39 is 42.1 Å². The molecule has 0 bridgehead atoms. The van der Waals surface area contributed by atoms with E-state index in [1.54, 1.807) is 0 Å². The van der Waals surface area contributed by atoms with Crippen molar-refractivity contribution in [2.75, 3.05) is 0 Å². The van der Waals surface area contributed by atoms with Crippen molar-refractivity contribution < 1.29 is 85.1 Å². The van der Waals surface area contributed by atoms with Crippen LogP contribution in [0.25, 0.3) is 0 Å². The number of rotatable bonds is 5. The predicted octanol–water partition coefficient (Wildman–Crippen LogP) is -5.80. The Labute approximate surface area is 196 Å². The summed E-state index contributed by atoms with van der Waals surface area (Å²) in [6, 6.07) is 7.99. The third-order valence-electron chi connectivity index (χ3n) is 3.48. The molecule has 2 aromatic rings. The standard InChI is InChI=1S/C14H16N2O6S2.2Na/c15-13(9-5-1-3-7-11(9)23(17,18)19)14(16)10-6-2-4-8-12(10)24(20,21)22;;/h1-8,13-14H,15-16H2,(H,17,18,19)(H,20,21,22);;/q;2*+1/p-2/t13-,14-;;/m0../s1. The molecule has 0 aliphatic rings. The molecule has 0 saturated heterocycles. The molecule has 130 valence electrons. The molecular formula is C14H14N2Na2O6S2. The van der Waals surface area contributed by atoms with Crippen molar-refractivity contribution in [3.05, 3.63) is 59.7 Å². The minimum atomic E-state index is -4.80. The molecule has 0 spiro atoms. The van der Waals surface area contributed by atoms with Crippen LogP contribution in [0.15, 0.2) is 58.3 Å². The minimum Gasteiger partial charge on any atom is -0.744 e. The summed E-state index contributed by atoms with van der Waals surface area (Å²) >= 11 is 0. The Morgan fingerprint density at radius 3 is 1.19 bits per heavy atom. The molecule has 0 amide bonds. The van der Waals surface area contributed by atoms with Crippen LogP contribution in [0.3, 0.4) is 0 Å². The second kappa shape index (κ2) is 10.1. The third kappa shape index (κ3) is 6.09. The molecule has 2 atom stereocenters. The van der Waals surface area contributed by atoms with E-state index in [0.717, 1.165) is 12.1 Å². The van der Waals surface area contributed by atoms with Gasteiger partial charge in [-0.3, -0.25) is 0 Å². The quantitative estimate of drug-likeness (QED) is 0.359. The molecule has 2 rings (SSSR count). The number of nitrogens with two attached hydrogens (primary N) is 2. The first-order chi connectivity index (χ1) is 11.0. The molecule has 0 radical (unpaired) electrons. The molecule has 2 aromatic carbocycles. The monoisotopic (exact) mass is 416 g/mol. The van der Waals surface area contributed by atoms with E-state index in [1.165, 1.54) is 36.4 Å². The SMILES string of the molecule is N[C@@H](c1ccccc1S(=O)(=O)[O-])[C@@H](N)c1ccccc1S(=O)(=O)[O-].[Na+].[Na+]. The fourth-order valence-electron chi connectivity index (χ4n) is 2.35. The molecule has 0 unspecified atom stereocenters. The summed E-state index contributed by atoms with van der Waals surface area (Å²) in [6.07, 6.45) is 0. The average molecular weight is 416 g/mol. The zero-order valence-corrected chi connectivity index (χ0v) is 19.8. The maximum absolute atomic E-state index is 11.3. The summed E-state index contributed by atoms with van der Waals surface area (Å²) in [5.41, 5.74) is 11.8. The molecule has 0 fully saturated rings. The van der Waals surface area contributed by atoms with E-state index in [9.17, 15) is 25.9 Å². The zero-order chi connectivity index (χ0) is 18.1. The molecule has 26 heavy (non-hydrogen) atoms. The van der Waals surface area contributed by atoms with E-state index in [-0.39, 0.29) is 70.2 Å². The molecule has 0 aliphatic carbocycles. The van der Waals surface area contributed by atoms with Gasteiger partial charge in [-0.15, -0.1) is 0 Å². The van der Waals surface area contributed by atoms with E-state index in [1.807, 2.05) is 0 Å². The van der Waals surface area contributed by atoms with Crippen LogP contribution >= 0.6 is 0 Å². The average Bonchev–Trinajstić information content (AvgIpc) is 2.52. The van der Waals surface area contributed by atoms with Crippen molar-refractivity contribution in [3.8, 4) is 0 Å². The van der Waals surface area contributed by atoms with Gasteiger partial charge >= 0.3 is 59.1 Å². The Hall–Kier alpha value is 0.180. The van der Waals surface area contributed by atoms with Gasteiger partial charge in [0.05, 0.1) is 21.9 Å². The summed E-state index contributed by atoms with van der Waals surface area (Å²) in [5.74, 6) is 0. The topological polar surface area (TPSA) is 166 Å². The van der Waals surface area contributed by atoms with Crippen molar-refractivity contribution in [2.24, 2.45) is 11.5 Å². The van der Waals surface area contributed by atoms with E-state index in [0.29, 0.717) is 0 Å². The number of hydrogen-bond donors (Lipinski definition) is 2. The van der Waals surface area contributed by atoms with Crippen LogP contribution in [-0.4, -0.2) is 25.9 Å². The van der Waals surface area contributed by atoms with E-state index >= 15 is 0 Å². The number of hydrogen-bond acceptors (Lipinski definition) is 8. The van der Waals surface area contributed by atoms with Gasteiger partial charge in [-0.1, -0.05) is 36.4 Å². The summed E-state index contributed by atoms with van der Waals surface area (Å²) in [5, 5.41) is 0. The van der Waals surface area contributed by atoms with Crippen LogP contribution in [0.1, 0.15) is 23.2 Å². The molecular weight excluding hydrogens is 402 g/mol. The Balaban J connectivity index is 0.00000312. The van der Waals surface area contributed by atoms with Crippen molar-refractivity contribution >= 4 is 20.2 Å². The van der Waals surface area contributed by atoms with Gasteiger partial charge in [-0.2, -0.15) is 0 Å². The first kappa shape index (κ1) is 26.2. The second-order valence-electron chi connectivity index (χ2n) is 5.04. The minimum absolute atomic E-state index is 0. The fourth-order valence-corrected chi connectivity index (χ4v) is 3.83. The Morgan fingerprint density at radius 2 is 0.923 bits per heavy atom. The van der Waals surface area contributed by atoms with Crippen LogP contribution < -0.4 is 70.6 Å². The Morgan fingerprint density at radius 1 is 0.654 bits per heavy atom. The van der Waals surface area contributed by atoms with Gasteiger partial charge in [0.1, 0.15) is 20.2 Å². The van der Waals surface area contributed by atoms with Gasteiger partial charge < -0.3 is 20.6 Å². The zero-order valence-electron chi connectivity index (χ0n) is 14.2. The van der Waals surface area contributed by atoms with Gasteiger partial charge in [0, 0.05) is 0 Å². The molecule has 0 saturated carbocycles. The third-order valence-corrected chi connectivity index (χ3v) is 5.30. The van der Waals surface area contributed by atoms with Crippen molar-refractivity contribution in [1.29, 1.82) is 0 Å². The van der Waals surface area contributed by atoms with Gasteiger partial charge in [0.25, 0.3) is 0 Å². The smallest absolute Gasteiger partial charge is 0.744 e. The van der Waals surface area contributed by atoms with Crippen LogP contribution in [0.5, 0.6) is 0 Å². The fraction of sp³-hybridized carbons (Fsp3) is 0.143. The first-order valence-electron chi connectivity index (χ1n) is 6.64. The Bertz CT molecular complexity index is 887. The predicted molar refractivity (Wildman–Crippen MR) is 82.7 cm³/mol.